The number of nitrogens with zero attached hydrogens (tertiary/aromatic N) is 2. The van der Waals surface area contributed by atoms with E-state index >= 15 is 0 Å². The highest BCUT2D eigenvalue weighted by molar-refractivity contribution is 5.97. The molecular formula is C23H27N3O5. The lowest BCUT2D eigenvalue weighted by atomic mass is 10.1. The van der Waals surface area contributed by atoms with Crippen LogP contribution in [0.5, 0.6) is 11.5 Å². The maximum absolute atomic E-state index is 13.0. The number of carbonyl (C=O) groups is 3. The van der Waals surface area contributed by atoms with Crippen LogP contribution in [0.25, 0.3) is 0 Å². The molecule has 0 aromatic heterocycles. The van der Waals surface area contributed by atoms with Gasteiger partial charge in [-0.15, -0.1) is 0 Å². The molecule has 3 rings (SSSR count). The van der Waals surface area contributed by atoms with Gasteiger partial charge in [-0.1, -0.05) is 6.07 Å². The molecule has 0 saturated carbocycles. The second-order valence-corrected chi connectivity index (χ2v) is 7.27. The van der Waals surface area contributed by atoms with Crippen molar-refractivity contribution in [2.24, 2.45) is 0 Å². The fourth-order valence-electron chi connectivity index (χ4n) is 3.59. The minimum absolute atomic E-state index is 0.108. The topological polar surface area (TPSA) is 88.2 Å². The van der Waals surface area contributed by atoms with E-state index in [9.17, 15) is 14.4 Å². The highest BCUT2D eigenvalue weighted by atomic mass is 16.5. The summed E-state index contributed by atoms with van der Waals surface area (Å²) in [5.74, 6) is 0.645. The first-order valence-corrected chi connectivity index (χ1v) is 10.1. The van der Waals surface area contributed by atoms with E-state index in [4.69, 9.17) is 9.47 Å². The Labute approximate surface area is 181 Å². The number of rotatable bonds is 5. The van der Waals surface area contributed by atoms with Crippen molar-refractivity contribution in [3.8, 4) is 11.5 Å². The Morgan fingerprint density at radius 1 is 0.806 bits per heavy atom. The van der Waals surface area contributed by atoms with Gasteiger partial charge in [0, 0.05) is 49.9 Å². The van der Waals surface area contributed by atoms with Crippen LogP contribution in [0.3, 0.4) is 0 Å². The van der Waals surface area contributed by atoms with Crippen LogP contribution in [0.1, 0.15) is 34.1 Å². The molecule has 1 aliphatic rings. The standard InChI is InChI=1S/C23H27N3O5/c1-16(27)24-19-7-4-6-17(14-19)22(28)25-10-5-11-26(13-12-25)23(29)18-8-9-20(30-2)21(15-18)31-3/h4,6-9,14-15H,5,10-13H2,1-3H3,(H,24,27). The molecule has 1 N–H and O–H groups in total. The summed E-state index contributed by atoms with van der Waals surface area (Å²) in [5.41, 5.74) is 1.60. The van der Waals surface area contributed by atoms with Crippen molar-refractivity contribution in [1.29, 1.82) is 0 Å². The van der Waals surface area contributed by atoms with E-state index in [0.717, 1.165) is 0 Å². The zero-order valence-corrected chi connectivity index (χ0v) is 18.0. The maximum atomic E-state index is 13.0. The van der Waals surface area contributed by atoms with Crippen LogP contribution in [-0.4, -0.2) is 67.9 Å². The van der Waals surface area contributed by atoms with Crippen molar-refractivity contribution >= 4 is 23.4 Å². The van der Waals surface area contributed by atoms with Gasteiger partial charge in [-0.2, -0.15) is 0 Å². The van der Waals surface area contributed by atoms with E-state index in [1.807, 2.05) is 0 Å². The average molecular weight is 425 g/mol. The first-order chi connectivity index (χ1) is 14.9. The Hall–Kier alpha value is -3.55. The number of benzene rings is 2. The maximum Gasteiger partial charge on any atom is 0.254 e. The molecule has 0 bridgehead atoms. The van der Waals surface area contributed by atoms with Crippen molar-refractivity contribution in [3.05, 3.63) is 53.6 Å². The van der Waals surface area contributed by atoms with Crippen LogP contribution >= 0.6 is 0 Å². The number of methoxy groups -OCH3 is 2. The van der Waals surface area contributed by atoms with Gasteiger partial charge in [0.15, 0.2) is 11.5 Å². The van der Waals surface area contributed by atoms with Gasteiger partial charge in [-0.25, -0.2) is 0 Å². The summed E-state index contributed by atoms with van der Waals surface area (Å²) >= 11 is 0. The van der Waals surface area contributed by atoms with Gasteiger partial charge in [0.05, 0.1) is 14.2 Å². The summed E-state index contributed by atoms with van der Waals surface area (Å²) < 4.78 is 10.5. The van der Waals surface area contributed by atoms with Gasteiger partial charge in [-0.05, 0) is 42.8 Å². The molecule has 31 heavy (non-hydrogen) atoms. The monoisotopic (exact) mass is 425 g/mol. The summed E-state index contributed by atoms with van der Waals surface area (Å²) in [6.07, 6.45) is 0.677. The molecule has 0 aliphatic carbocycles. The van der Waals surface area contributed by atoms with Gasteiger partial charge >= 0.3 is 0 Å². The number of amides is 3. The Morgan fingerprint density at radius 2 is 1.42 bits per heavy atom. The molecule has 0 atom stereocenters. The number of hydrogen-bond donors (Lipinski definition) is 1. The average Bonchev–Trinajstić information content (AvgIpc) is 3.03. The highest BCUT2D eigenvalue weighted by Gasteiger charge is 2.24. The number of ether oxygens (including phenoxy) is 2. The minimum Gasteiger partial charge on any atom is -0.493 e. The van der Waals surface area contributed by atoms with E-state index < -0.39 is 0 Å². The second kappa shape index (κ2) is 9.97. The number of anilines is 1. The SMILES string of the molecule is COc1ccc(C(=O)N2CCCN(C(=O)c3cccc(NC(C)=O)c3)CC2)cc1OC. The number of carbonyl (C=O) groups excluding carboxylic acids is 3. The van der Waals surface area contributed by atoms with Crippen LogP contribution in [0.15, 0.2) is 42.5 Å². The third-order valence-corrected chi connectivity index (χ3v) is 5.13. The molecule has 3 amide bonds. The summed E-state index contributed by atoms with van der Waals surface area (Å²) in [5, 5.41) is 2.69. The van der Waals surface area contributed by atoms with Crippen molar-refractivity contribution in [2.75, 3.05) is 45.7 Å². The number of nitrogens with one attached hydrogen (secondary N) is 1. The molecule has 0 unspecified atom stereocenters. The van der Waals surface area contributed by atoms with Gasteiger partial charge in [0.2, 0.25) is 5.91 Å². The van der Waals surface area contributed by atoms with Crippen LogP contribution in [0, 0.1) is 0 Å². The van der Waals surface area contributed by atoms with Crippen molar-refractivity contribution in [1.82, 2.24) is 9.80 Å². The summed E-state index contributed by atoms with van der Waals surface area (Å²) in [6.45, 7) is 3.40. The van der Waals surface area contributed by atoms with Crippen LogP contribution in [0.4, 0.5) is 5.69 Å². The normalized spacial score (nSPS) is 13.9. The summed E-state index contributed by atoms with van der Waals surface area (Å²) in [4.78, 5) is 40.7. The molecular weight excluding hydrogens is 398 g/mol. The van der Waals surface area contributed by atoms with Crippen LogP contribution in [0.2, 0.25) is 0 Å². The lowest BCUT2D eigenvalue weighted by Gasteiger charge is -2.23. The minimum atomic E-state index is -0.191. The quantitative estimate of drug-likeness (QED) is 0.796. The molecule has 1 fully saturated rings. The summed E-state index contributed by atoms with van der Waals surface area (Å²) in [6, 6.07) is 12.0. The van der Waals surface area contributed by atoms with Gasteiger partial charge in [0.1, 0.15) is 0 Å². The van der Waals surface area contributed by atoms with Crippen molar-refractivity contribution in [2.45, 2.75) is 13.3 Å². The van der Waals surface area contributed by atoms with Crippen LogP contribution < -0.4 is 14.8 Å². The molecule has 2 aromatic rings. The first-order valence-electron chi connectivity index (χ1n) is 10.1. The zero-order chi connectivity index (χ0) is 22.4. The van der Waals surface area contributed by atoms with Gasteiger partial charge in [-0.3, -0.25) is 14.4 Å². The van der Waals surface area contributed by atoms with Crippen molar-refractivity contribution in [3.63, 3.8) is 0 Å². The summed E-state index contributed by atoms with van der Waals surface area (Å²) in [7, 11) is 3.08. The van der Waals surface area contributed by atoms with Gasteiger partial charge < -0.3 is 24.6 Å². The molecule has 2 aromatic carbocycles. The highest BCUT2D eigenvalue weighted by Crippen LogP contribution is 2.28. The predicted molar refractivity (Wildman–Crippen MR) is 117 cm³/mol. The molecule has 0 radical (unpaired) electrons. The molecule has 1 heterocycles. The third-order valence-electron chi connectivity index (χ3n) is 5.13. The lowest BCUT2D eigenvalue weighted by Crippen LogP contribution is -2.37. The van der Waals surface area contributed by atoms with Crippen molar-refractivity contribution < 1.29 is 23.9 Å². The zero-order valence-electron chi connectivity index (χ0n) is 18.0. The predicted octanol–water partition coefficient (Wildman–Crippen LogP) is 2.65. The Kier molecular flexibility index (Phi) is 7.12. The third kappa shape index (κ3) is 5.33. The molecule has 164 valence electrons. The smallest absolute Gasteiger partial charge is 0.254 e. The molecule has 0 spiro atoms. The molecule has 8 heteroatoms. The molecule has 1 aliphatic heterocycles. The van der Waals surface area contributed by atoms with E-state index in [1.165, 1.54) is 14.0 Å². The Bertz CT molecular complexity index is 975. The van der Waals surface area contributed by atoms with E-state index in [-0.39, 0.29) is 17.7 Å². The second-order valence-electron chi connectivity index (χ2n) is 7.27. The Balaban J connectivity index is 1.68. The largest absolute Gasteiger partial charge is 0.493 e. The van der Waals surface area contributed by atoms with E-state index in [2.05, 4.69) is 5.32 Å². The first kappa shape index (κ1) is 22.1. The molecule has 8 nitrogen and oxygen atoms in total. The van der Waals surface area contributed by atoms with Crippen LogP contribution in [-0.2, 0) is 4.79 Å². The van der Waals surface area contributed by atoms with E-state index in [0.29, 0.717) is 60.9 Å². The van der Waals surface area contributed by atoms with Gasteiger partial charge in [0.25, 0.3) is 11.8 Å². The molecule has 1 saturated heterocycles. The lowest BCUT2D eigenvalue weighted by molar-refractivity contribution is -0.114. The Morgan fingerprint density at radius 3 is 2.00 bits per heavy atom. The van der Waals surface area contributed by atoms with E-state index in [1.54, 1.807) is 59.4 Å². The number of hydrogen-bond acceptors (Lipinski definition) is 5. The fraction of sp³-hybridized carbons (Fsp3) is 0.348. The fourth-order valence-corrected chi connectivity index (χ4v) is 3.59.